The molecule has 78 valence electrons. The SMILES string of the molecule is CNCCCCN(C)c1cccnc1. The number of nitrogens with zero attached hydrogens (tertiary/aromatic N) is 2. The molecule has 1 rings (SSSR count). The molecule has 0 saturated carbocycles. The minimum Gasteiger partial charge on any atom is -0.373 e. The van der Waals surface area contributed by atoms with Crippen molar-refractivity contribution < 1.29 is 0 Å². The van der Waals surface area contributed by atoms with Gasteiger partial charge in [0.15, 0.2) is 0 Å². The van der Waals surface area contributed by atoms with Gasteiger partial charge in [-0.25, -0.2) is 0 Å². The Morgan fingerprint density at radius 3 is 2.93 bits per heavy atom. The molecule has 0 aliphatic rings. The van der Waals surface area contributed by atoms with Crippen LogP contribution >= 0.6 is 0 Å². The van der Waals surface area contributed by atoms with Crippen molar-refractivity contribution in [2.24, 2.45) is 0 Å². The highest BCUT2D eigenvalue weighted by atomic mass is 15.1. The Bertz CT molecular complexity index is 236. The summed E-state index contributed by atoms with van der Waals surface area (Å²) >= 11 is 0. The topological polar surface area (TPSA) is 28.2 Å². The fourth-order valence-electron chi connectivity index (χ4n) is 1.36. The predicted molar refractivity (Wildman–Crippen MR) is 60.7 cm³/mol. The van der Waals surface area contributed by atoms with Crippen molar-refractivity contribution >= 4 is 5.69 Å². The first-order chi connectivity index (χ1) is 6.84. The highest BCUT2D eigenvalue weighted by molar-refractivity contribution is 5.42. The summed E-state index contributed by atoms with van der Waals surface area (Å²) in [6.45, 7) is 2.19. The Balaban J connectivity index is 2.25. The van der Waals surface area contributed by atoms with Crippen LogP contribution in [0.2, 0.25) is 0 Å². The zero-order valence-electron chi connectivity index (χ0n) is 9.03. The van der Waals surface area contributed by atoms with Crippen LogP contribution in [-0.4, -0.2) is 32.2 Å². The van der Waals surface area contributed by atoms with E-state index in [1.165, 1.54) is 18.5 Å². The van der Waals surface area contributed by atoms with Gasteiger partial charge in [-0.3, -0.25) is 4.98 Å². The van der Waals surface area contributed by atoms with Crippen LogP contribution in [0.15, 0.2) is 24.5 Å². The van der Waals surface area contributed by atoms with E-state index in [1.54, 1.807) is 6.20 Å². The van der Waals surface area contributed by atoms with E-state index in [9.17, 15) is 0 Å². The van der Waals surface area contributed by atoms with E-state index in [4.69, 9.17) is 0 Å². The molecule has 14 heavy (non-hydrogen) atoms. The molecule has 0 spiro atoms. The Labute approximate surface area is 86.2 Å². The molecule has 0 radical (unpaired) electrons. The van der Waals surface area contributed by atoms with Crippen LogP contribution in [-0.2, 0) is 0 Å². The summed E-state index contributed by atoms with van der Waals surface area (Å²) in [5.41, 5.74) is 1.19. The van der Waals surface area contributed by atoms with Crippen LogP contribution in [0.5, 0.6) is 0 Å². The number of rotatable bonds is 6. The van der Waals surface area contributed by atoms with E-state index in [1.807, 2.05) is 19.3 Å². The Kier molecular flexibility index (Phi) is 5.00. The summed E-state index contributed by atoms with van der Waals surface area (Å²) in [6.07, 6.45) is 6.14. The Morgan fingerprint density at radius 2 is 2.29 bits per heavy atom. The van der Waals surface area contributed by atoms with Gasteiger partial charge in [-0.15, -0.1) is 0 Å². The van der Waals surface area contributed by atoms with Crippen molar-refractivity contribution in [3.05, 3.63) is 24.5 Å². The molecule has 0 fully saturated rings. The smallest absolute Gasteiger partial charge is 0.0550 e. The highest BCUT2D eigenvalue weighted by Crippen LogP contribution is 2.09. The number of hydrogen-bond acceptors (Lipinski definition) is 3. The zero-order valence-corrected chi connectivity index (χ0v) is 9.03. The van der Waals surface area contributed by atoms with Crippen LogP contribution in [0.25, 0.3) is 0 Å². The summed E-state index contributed by atoms with van der Waals surface area (Å²) in [7, 11) is 4.10. The van der Waals surface area contributed by atoms with Crippen molar-refractivity contribution in [2.75, 3.05) is 32.1 Å². The first-order valence-corrected chi connectivity index (χ1v) is 5.10. The van der Waals surface area contributed by atoms with E-state index >= 15 is 0 Å². The summed E-state index contributed by atoms with van der Waals surface area (Å²) < 4.78 is 0. The summed E-state index contributed by atoms with van der Waals surface area (Å²) in [5.74, 6) is 0. The molecule has 0 unspecified atom stereocenters. The van der Waals surface area contributed by atoms with Gasteiger partial charge in [0.25, 0.3) is 0 Å². The van der Waals surface area contributed by atoms with Crippen molar-refractivity contribution in [3.63, 3.8) is 0 Å². The quantitative estimate of drug-likeness (QED) is 0.694. The van der Waals surface area contributed by atoms with Crippen molar-refractivity contribution in [3.8, 4) is 0 Å². The van der Waals surface area contributed by atoms with Gasteiger partial charge in [-0.1, -0.05) is 0 Å². The molecule has 0 aliphatic carbocycles. The third-order valence-electron chi connectivity index (χ3n) is 2.26. The normalized spacial score (nSPS) is 10.1. The van der Waals surface area contributed by atoms with E-state index < -0.39 is 0 Å². The van der Waals surface area contributed by atoms with Crippen molar-refractivity contribution in [2.45, 2.75) is 12.8 Å². The summed E-state index contributed by atoms with van der Waals surface area (Å²) in [6, 6.07) is 4.06. The monoisotopic (exact) mass is 193 g/mol. The molecular weight excluding hydrogens is 174 g/mol. The average molecular weight is 193 g/mol. The first-order valence-electron chi connectivity index (χ1n) is 5.10. The second kappa shape index (κ2) is 6.38. The molecule has 0 amide bonds. The third kappa shape index (κ3) is 3.75. The van der Waals surface area contributed by atoms with Crippen LogP contribution in [0.4, 0.5) is 5.69 Å². The van der Waals surface area contributed by atoms with E-state index in [-0.39, 0.29) is 0 Å². The Hall–Kier alpha value is -1.09. The fraction of sp³-hybridized carbons (Fsp3) is 0.545. The highest BCUT2D eigenvalue weighted by Gasteiger charge is 1.98. The molecular formula is C11H19N3. The first kappa shape index (κ1) is 11.0. The number of nitrogens with one attached hydrogen (secondary N) is 1. The number of unbranched alkanes of at least 4 members (excludes halogenated alkanes) is 1. The fourth-order valence-corrected chi connectivity index (χ4v) is 1.36. The maximum atomic E-state index is 4.10. The van der Waals surface area contributed by atoms with Gasteiger partial charge in [0.1, 0.15) is 0 Å². The van der Waals surface area contributed by atoms with Crippen molar-refractivity contribution in [1.82, 2.24) is 10.3 Å². The van der Waals surface area contributed by atoms with E-state index in [0.29, 0.717) is 0 Å². The lowest BCUT2D eigenvalue weighted by Gasteiger charge is -2.18. The minimum atomic E-state index is 1.09. The second-order valence-electron chi connectivity index (χ2n) is 3.44. The molecule has 1 aromatic heterocycles. The Morgan fingerprint density at radius 1 is 1.43 bits per heavy atom. The van der Waals surface area contributed by atoms with Crippen LogP contribution in [0, 0.1) is 0 Å². The molecule has 0 saturated heterocycles. The van der Waals surface area contributed by atoms with Crippen molar-refractivity contribution in [1.29, 1.82) is 0 Å². The van der Waals surface area contributed by atoms with E-state index in [0.717, 1.165) is 13.1 Å². The standard InChI is InChI=1S/C11H19N3/c1-12-7-3-4-9-14(2)11-6-5-8-13-10-11/h5-6,8,10,12H,3-4,7,9H2,1-2H3. The lowest BCUT2D eigenvalue weighted by Crippen LogP contribution is -2.19. The molecule has 1 N–H and O–H groups in total. The van der Waals surface area contributed by atoms with Gasteiger partial charge in [0.05, 0.1) is 11.9 Å². The van der Waals surface area contributed by atoms with E-state index in [2.05, 4.69) is 28.3 Å². The maximum absolute atomic E-state index is 4.10. The molecule has 3 heteroatoms. The molecule has 3 nitrogen and oxygen atoms in total. The largest absolute Gasteiger partial charge is 0.373 e. The van der Waals surface area contributed by atoms with Gasteiger partial charge >= 0.3 is 0 Å². The third-order valence-corrected chi connectivity index (χ3v) is 2.26. The average Bonchev–Trinajstić information content (AvgIpc) is 2.25. The molecule has 0 aliphatic heterocycles. The lowest BCUT2D eigenvalue weighted by molar-refractivity contribution is 0.671. The number of pyridine rings is 1. The van der Waals surface area contributed by atoms with Gasteiger partial charge in [-0.05, 0) is 38.6 Å². The molecule has 0 aromatic carbocycles. The minimum absolute atomic E-state index is 1.09. The molecule has 0 atom stereocenters. The summed E-state index contributed by atoms with van der Waals surface area (Å²) in [4.78, 5) is 6.33. The summed E-state index contributed by atoms with van der Waals surface area (Å²) in [5, 5.41) is 3.15. The molecule has 0 bridgehead atoms. The van der Waals surface area contributed by atoms with Gasteiger partial charge in [0.2, 0.25) is 0 Å². The zero-order chi connectivity index (χ0) is 10.2. The van der Waals surface area contributed by atoms with Gasteiger partial charge < -0.3 is 10.2 Å². The number of anilines is 1. The number of hydrogen-bond donors (Lipinski definition) is 1. The van der Waals surface area contributed by atoms with Crippen LogP contribution in [0.3, 0.4) is 0 Å². The van der Waals surface area contributed by atoms with Crippen LogP contribution < -0.4 is 10.2 Å². The van der Waals surface area contributed by atoms with Gasteiger partial charge in [0, 0.05) is 19.8 Å². The molecule has 1 heterocycles. The van der Waals surface area contributed by atoms with Crippen LogP contribution in [0.1, 0.15) is 12.8 Å². The second-order valence-corrected chi connectivity index (χ2v) is 3.44. The number of aromatic nitrogens is 1. The van der Waals surface area contributed by atoms with Gasteiger partial charge in [-0.2, -0.15) is 0 Å². The lowest BCUT2D eigenvalue weighted by atomic mass is 10.3. The maximum Gasteiger partial charge on any atom is 0.0550 e. The molecule has 1 aromatic rings. The predicted octanol–water partition coefficient (Wildman–Crippen LogP) is 1.52.